The summed E-state index contributed by atoms with van der Waals surface area (Å²) in [5, 5.41) is 3.05. The topological polar surface area (TPSA) is 56.9 Å². The third-order valence-corrected chi connectivity index (χ3v) is 4.89. The van der Waals surface area contributed by atoms with Gasteiger partial charge in [0.2, 0.25) is 0 Å². The lowest BCUT2D eigenvalue weighted by Gasteiger charge is -2.36. The van der Waals surface area contributed by atoms with Crippen LogP contribution in [0.3, 0.4) is 0 Å². The molecule has 25 heavy (non-hydrogen) atoms. The van der Waals surface area contributed by atoms with Crippen molar-refractivity contribution in [3.8, 4) is 0 Å². The second-order valence-electron chi connectivity index (χ2n) is 7.41. The molecule has 5 nitrogen and oxygen atoms in total. The van der Waals surface area contributed by atoms with E-state index in [2.05, 4.69) is 51.0 Å². The largest absolute Gasteiger partial charge is 0.370 e. The van der Waals surface area contributed by atoms with Crippen molar-refractivity contribution in [3.63, 3.8) is 0 Å². The SMILES string of the molecule is C=C(C)CNC(N)=NCc1ccc(N2CCN(CC3CC3)CC2)cc1. The number of piperazine rings is 1. The van der Waals surface area contributed by atoms with Crippen LogP contribution < -0.4 is 16.0 Å². The number of anilines is 1. The maximum Gasteiger partial charge on any atom is 0.189 e. The molecular weight excluding hydrogens is 310 g/mol. The number of nitrogens with zero attached hydrogens (tertiary/aromatic N) is 3. The molecule has 3 rings (SSSR count). The fourth-order valence-electron chi connectivity index (χ4n) is 3.14. The highest BCUT2D eigenvalue weighted by atomic mass is 15.3. The number of aliphatic imine (C=N–C) groups is 1. The van der Waals surface area contributed by atoms with E-state index in [9.17, 15) is 0 Å². The average molecular weight is 342 g/mol. The van der Waals surface area contributed by atoms with Crippen LogP contribution in [0, 0.1) is 5.92 Å². The monoisotopic (exact) mass is 341 g/mol. The number of hydrogen-bond donors (Lipinski definition) is 2. The molecule has 0 amide bonds. The van der Waals surface area contributed by atoms with Gasteiger partial charge in [-0.1, -0.05) is 24.3 Å². The second kappa shape index (κ2) is 8.39. The van der Waals surface area contributed by atoms with Gasteiger partial charge >= 0.3 is 0 Å². The molecular formula is C20H31N5. The molecule has 0 spiro atoms. The predicted molar refractivity (Wildman–Crippen MR) is 106 cm³/mol. The summed E-state index contributed by atoms with van der Waals surface area (Å²) in [6.45, 7) is 13.0. The summed E-state index contributed by atoms with van der Waals surface area (Å²) in [6.07, 6.45) is 2.88. The molecule has 5 heteroatoms. The van der Waals surface area contributed by atoms with E-state index in [0.29, 0.717) is 19.0 Å². The van der Waals surface area contributed by atoms with Gasteiger partial charge in [-0.15, -0.1) is 0 Å². The molecule has 2 aliphatic rings. The van der Waals surface area contributed by atoms with Crippen molar-refractivity contribution in [3.05, 3.63) is 42.0 Å². The third-order valence-electron chi connectivity index (χ3n) is 4.89. The number of nitrogens with one attached hydrogen (secondary N) is 1. The maximum absolute atomic E-state index is 5.85. The Morgan fingerprint density at radius 1 is 1.20 bits per heavy atom. The number of benzene rings is 1. The summed E-state index contributed by atoms with van der Waals surface area (Å²) in [6, 6.07) is 8.72. The zero-order valence-electron chi connectivity index (χ0n) is 15.4. The number of hydrogen-bond acceptors (Lipinski definition) is 3. The van der Waals surface area contributed by atoms with Gasteiger partial charge in [0, 0.05) is 45.0 Å². The number of guanidine groups is 1. The van der Waals surface area contributed by atoms with Gasteiger partial charge in [-0.2, -0.15) is 0 Å². The first-order valence-corrected chi connectivity index (χ1v) is 9.34. The molecule has 1 aliphatic carbocycles. The third kappa shape index (κ3) is 5.78. The highest BCUT2D eigenvalue weighted by Crippen LogP contribution is 2.30. The van der Waals surface area contributed by atoms with Gasteiger partial charge in [0.15, 0.2) is 5.96 Å². The molecule has 0 atom stereocenters. The van der Waals surface area contributed by atoms with Crippen molar-refractivity contribution in [1.29, 1.82) is 0 Å². The van der Waals surface area contributed by atoms with Crippen molar-refractivity contribution in [2.75, 3.05) is 44.2 Å². The minimum atomic E-state index is 0.471. The molecule has 0 bridgehead atoms. The van der Waals surface area contributed by atoms with Crippen molar-refractivity contribution in [2.45, 2.75) is 26.3 Å². The Hall–Kier alpha value is -2.01. The van der Waals surface area contributed by atoms with Gasteiger partial charge in [-0.25, -0.2) is 4.99 Å². The lowest BCUT2D eigenvalue weighted by Crippen LogP contribution is -2.47. The molecule has 1 heterocycles. The Morgan fingerprint density at radius 2 is 1.88 bits per heavy atom. The zero-order valence-corrected chi connectivity index (χ0v) is 15.4. The summed E-state index contributed by atoms with van der Waals surface area (Å²) in [5.74, 6) is 1.46. The summed E-state index contributed by atoms with van der Waals surface area (Å²) in [7, 11) is 0. The summed E-state index contributed by atoms with van der Waals surface area (Å²) in [4.78, 5) is 9.48. The van der Waals surface area contributed by atoms with E-state index >= 15 is 0 Å². The number of nitrogens with two attached hydrogens (primary N) is 1. The van der Waals surface area contributed by atoms with Gasteiger partial charge in [0.25, 0.3) is 0 Å². The van der Waals surface area contributed by atoms with Crippen LogP contribution in [0.1, 0.15) is 25.3 Å². The van der Waals surface area contributed by atoms with Crippen LogP contribution in [0.2, 0.25) is 0 Å². The van der Waals surface area contributed by atoms with Crippen LogP contribution >= 0.6 is 0 Å². The van der Waals surface area contributed by atoms with Crippen molar-refractivity contribution >= 4 is 11.6 Å². The quantitative estimate of drug-likeness (QED) is 0.453. The van der Waals surface area contributed by atoms with Gasteiger partial charge in [-0.05, 0) is 43.4 Å². The highest BCUT2D eigenvalue weighted by Gasteiger charge is 2.26. The summed E-state index contributed by atoms with van der Waals surface area (Å²) < 4.78 is 0. The Labute approximate surface area is 151 Å². The highest BCUT2D eigenvalue weighted by molar-refractivity contribution is 5.78. The molecule has 1 aliphatic heterocycles. The lowest BCUT2D eigenvalue weighted by atomic mass is 10.1. The Bertz CT molecular complexity index is 595. The molecule has 1 saturated carbocycles. The van der Waals surface area contributed by atoms with Crippen LogP contribution in [0.4, 0.5) is 5.69 Å². The van der Waals surface area contributed by atoms with E-state index in [1.807, 2.05) is 6.92 Å². The van der Waals surface area contributed by atoms with Gasteiger partial charge in [0.1, 0.15) is 0 Å². The minimum Gasteiger partial charge on any atom is -0.370 e. The van der Waals surface area contributed by atoms with Crippen molar-refractivity contribution in [2.24, 2.45) is 16.6 Å². The molecule has 3 N–H and O–H groups in total. The van der Waals surface area contributed by atoms with Crippen LogP contribution in [0.15, 0.2) is 41.4 Å². The summed E-state index contributed by atoms with van der Waals surface area (Å²) >= 11 is 0. The molecule has 1 aromatic carbocycles. The minimum absolute atomic E-state index is 0.471. The first-order valence-electron chi connectivity index (χ1n) is 9.34. The molecule has 0 radical (unpaired) electrons. The van der Waals surface area contributed by atoms with Gasteiger partial charge in [0.05, 0.1) is 6.54 Å². The molecule has 1 saturated heterocycles. The first-order chi connectivity index (χ1) is 12.1. The van der Waals surface area contributed by atoms with Crippen molar-refractivity contribution in [1.82, 2.24) is 10.2 Å². The summed E-state index contributed by atoms with van der Waals surface area (Å²) in [5.41, 5.74) is 9.38. The molecule has 2 fully saturated rings. The van der Waals surface area contributed by atoms with E-state index in [4.69, 9.17) is 5.73 Å². The van der Waals surface area contributed by atoms with E-state index < -0.39 is 0 Å². The van der Waals surface area contributed by atoms with Gasteiger partial charge < -0.3 is 16.0 Å². The fourth-order valence-corrected chi connectivity index (χ4v) is 3.14. The van der Waals surface area contributed by atoms with Crippen LogP contribution in [-0.4, -0.2) is 50.1 Å². The molecule has 1 aromatic rings. The number of rotatable bonds is 7. The normalized spacial score (nSPS) is 19.1. The smallest absolute Gasteiger partial charge is 0.189 e. The van der Waals surface area contributed by atoms with E-state index in [1.165, 1.54) is 43.7 Å². The Kier molecular flexibility index (Phi) is 5.97. The lowest BCUT2D eigenvalue weighted by molar-refractivity contribution is 0.248. The van der Waals surface area contributed by atoms with E-state index in [-0.39, 0.29) is 0 Å². The fraction of sp³-hybridized carbons (Fsp3) is 0.550. The second-order valence-corrected chi connectivity index (χ2v) is 7.41. The van der Waals surface area contributed by atoms with Crippen LogP contribution in [0.25, 0.3) is 0 Å². The molecule has 136 valence electrons. The van der Waals surface area contributed by atoms with E-state index in [0.717, 1.165) is 24.6 Å². The first kappa shape index (κ1) is 17.8. The standard InChI is InChI=1S/C20H31N5/c1-16(2)13-22-20(21)23-14-17-5-7-19(8-6-17)25-11-9-24(10-12-25)15-18-3-4-18/h5-8,18H,1,3-4,9-15H2,2H3,(H3,21,22,23). The predicted octanol–water partition coefficient (Wildman–Crippen LogP) is 2.20. The zero-order chi connectivity index (χ0) is 17.6. The maximum atomic E-state index is 5.85. The molecule has 0 unspecified atom stereocenters. The van der Waals surface area contributed by atoms with Crippen LogP contribution in [-0.2, 0) is 6.54 Å². The van der Waals surface area contributed by atoms with Crippen molar-refractivity contribution < 1.29 is 0 Å². The van der Waals surface area contributed by atoms with Crippen LogP contribution in [0.5, 0.6) is 0 Å². The Morgan fingerprint density at radius 3 is 2.48 bits per heavy atom. The van der Waals surface area contributed by atoms with E-state index in [1.54, 1.807) is 0 Å². The Balaban J connectivity index is 1.45. The molecule has 0 aromatic heterocycles. The van der Waals surface area contributed by atoms with Gasteiger partial charge in [-0.3, -0.25) is 4.90 Å². The average Bonchev–Trinajstić information content (AvgIpc) is 3.43.